The highest BCUT2D eigenvalue weighted by atomic mass is 35.5. The number of pyridine rings is 1. The lowest BCUT2D eigenvalue weighted by Gasteiger charge is -2.29. The molecule has 3 heterocycles. The molecule has 0 bridgehead atoms. The maximum atomic E-state index is 6.36. The van der Waals surface area contributed by atoms with Gasteiger partial charge in [0, 0.05) is 35.4 Å². The van der Waals surface area contributed by atoms with E-state index in [1.807, 2.05) is 42.6 Å². The summed E-state index contributed by atoms with van der Waals surface area (Å²) in [6.45, 7) is 2.52. The van der Waals surface area contributed by atoms with Crippen LogP contribution in [0.3, 0.4) is 0 Å². The van der Waals surface area contributed by atoms with E-state index in [-0.39, 0.29) is 0 Å². The van der Waals surface area contributed by atoms with Crippen LogP contribution in [0.2, 0.25) is 5.02 Å². The number of nitrogens with zero attached hydrogens (tertiary/aromatic N) is 4. The maximum absolute atomic E-state index is 6.36. The molecular weight excluding hydrogens is 472 g/mol. The summed E-state index contributed by atoms with van der Waals surface area (Å²) in [4.78, 5) is 7.22. The van der Waals surface area contributed by atoms with Crippen molar-refractivity contribution in [2.75, 3.05) is 20.2 Å². The molecule has 36 heavy (non-hydrogen) atoms. The number of fused-ring (bicyclic) bond motifs is 2. The van der Waals surface area contributed by atoms with Crippen molar-refractivity contribution in [2.24, 2.45) is 0 Å². The Morgan fingerprint density at radius 1 is 0.944 bits per heavy atom. The number of halogens is 1. The van der Waals surface area contributed by atoms with Crippen LogP contribution in [0.15, 0.2) is 70.8 Å². The molecule has 182 valence electrons. The third-order valence-corrected chi connectivity index (χ3v) is 7.34. The predicted octanol–water partition coefficient (Wildman–Crippen LogP) is 5.99. The van der Waals surface area contributed by atoms with E-state index in [4.69, 9.17) is 25.7 Å². The standard InChI is InChI=1S/C29H27ClN4O2/c1-35-24-9-6-21(7-10-24)29-33-32-26(36-29)18-34-15-12-19(13-16-34)27-25-11-8-23(30)17-22(25)5-4-20-3-2-14-31-28(20)27/h2-3,6-11,14,17H,4-5,12-13,15-16,18H2,1H3. The number of piperidine rings is 1. The SMILES string of the molecule is COc1ccc(-c2nnc(CN3CCC(=C4c5ccc(Cl)cc5CCc5cccnc54)CC3)o2)cc1. The molecule has 0 unspecified atom stereocenters. The van der Waals surface area contributed by atoms with E-state index in [2.05, 4.69) is 33.3 Å². The zero-order chi connectivity index (χ0) is 24.5. The largest absolute Gasteiger partial charge is 0.497 e. The van der Waals surface area contributed by atoms with Gasteiger partial charge in [0.1, 0.15) is 5.75 Å². The smallest absolute Gasteiger partial charge is 0.247 e. The maximum Gasteiger partial charge on any atom is 0.247 e. The fraction of sp³-hybridized carbons (Fsp3) is 0.276. The molecule has 1 fully saturated rings. The van der Waals surface area contributed by atoms with Gasteiger partial charge < -0.3 is 9.15 Å². The third-order valence-electron chi connectivity index (χ3n) is 7.10. The average Bonchev–Trinajstić information content (AvgIpc) is 3.32. The Morgan fingerprint density at radius 2 is 1.75 bits per heavy atom. The molecule has 0 saturated carbocycles. The highest BCUT2D eigenvalue weighted by Gasteiger charge is 2.25. The summed E-state index contributed by atoms with van der Waals surface area (Å²) in [6, 6.07) is 18.2. The molecule has 0 atom stereocenters. The molecule has 0 spiro atoms. The fourth-order valence-corrected chi connectivity index (χ4v) is 5.42. The van der Waals surface area contributed by atoms with Crippen LogP contribution in [0.25, 0.3) is 17.0 Å². The Bertz CT molecular complexity index is 1420. The van der Waals surface area contributed by atoms with Crippen molar-refractivity contribution in [1.29, 1.82) is 0 Å². The number of hydrogen-bond acceptors (Lipinski definition) is 6. The zero-order valence-electron chi connectivity index (χ0n) is 20.2. The van der Waals surface area contributed by atoms with Gasteiger partial charge in [-0.25, -0.2) is 0 Å². The minimum absolute atomic E-state index is 0.531. The molecule has 6 rings (SSSR count). The lowest BCUT2D eigenvalue weighted by molar-refractivity contribution is 0.225. The van der Waals surface area contributed by atoms with Crippen molar-refractivity contribution < 1.29 is 9.15 Å². The molecule has 4 aromatic rings. The Hall–Kier alpha value is -3.48. The van der Waals surface area contributed by atoms with Crippen LogP contribution in [0.4, 0.5) is 0 Å². The van der Waals surface area contributed by atoms with Gasteiger partial charge in [0.15, 0.2) is 0 Å². The number of hydrogen-bond donors (Lipinski definition) is 0. The fourth-order valence-electron chi connectivity index (χ4n) is 5.22. The average molecular weight is 499 g/mol. The van der Waals surface area contributed by atoms with Crippen LogP contribution >= 0.6 is 11.6 Å². The van der Waals surface area contributed by atoms with Gasteiger partial charge in [0.05, 0.1) is 19.3 Å². The Kier molecular flexibility index (Phi) is 6.30. The lowest BCUT2D eigenvalue weighted by atomic mass is 9.88. The summed E-state index contributed by atoms with van der Waals surface area (Å²) in [7, 11) is 1.65. The number of aryl methyl sites for hydroxylation is 2. The van der Waals surface area contributed by atoms with Crippen LogP contribution in [-0.2, 0) is 19.4 Å². The molecule has 0 amide bonds. The van der Waals surface area contributed by atoms with Crippen molar-refractivity contribution in [1.82, 2.24) is 20.1 Å². The minimum atomic E-state index is 0.531. The van der Waals surface area contributed by atoms with Crippen molar-refractivity contribution in [3.05, 3.63) is 99.7 Å². The van der Waals surface area contributed by atoms with E-state index in [9.17, 15) is 0 Å². The normalized spacial score (nSPS) is 15.8. The summed E-state index contributed by atoms with van der Waals surface area (Å²) in [5, 5.41) is 9.34. The first-order chi connectivity index (χ1) is 17.7. The first-order valence-electron chi connectivity index (χ1n) is 12.3. The summed E-state index contributed by atoms with van der Waals surface area (Å²) in [6.07, 6.45) is 5.82. The molecule has 7 heteroatoms. The summed E-state index contributed by atoms with van der Waals surface area (Å²) < 4.78 is 11.2. The Labute approximate surface area is 215 Å². The van der Waals surface area contributed by atoms with Gasteiger partial charge in [-0.15, -0.1) is 10.2 Å². The first kappa shape index (κ1) is 23.0. The van der Waals surface area contributed by atoms with Gasteiger partial charge in [-0.05, 0) is 84.8 Å². The van der Waals surface area contributed by atoms with Crippen LogP contribution in [0.1, 0.15) is 41.1 Å². The van der Waals surface area contributed by atoms with E-state index in [0.717, 1.165) is 60.8 Å². The van der Waals surface area contributed by atoms with Gasteiger partial charge in [-0.2, -0.15) is 0 Å². The number of ether oxygens (including phenoxy) is 1. The van der Waals surface area contributed by atoms with E-state index >= 15 is 0 Å². The quantitative estimate of drug-likeness (QED) is 0.344. The molecular formula is C29H27ClN4O2. The van der Waals surface area contributed by atoms with E-state index in [1.54, 1.807) is 7.11 Å². The number of rotatable bonds is 4. The lowest BCUT2D eigenvalue weighted by Crippen LogP contribution is -2.30. The molecule has 2 aliphatic rings. The number of aromatic nitrogens is 3. The van der Waals surface area contributed by atoms with Gasteiger partial charge in [0.25, 0.3) is 0 Å². The predicted molar refractivity (Wildman–Crippen MR) is 140 cm³/mol. The molecule has 1 saturated heterocycles. The van der Waals surface area contributed by atoms with Crippen molar-refractivity contribution in [3.8, 4) is 17.2 Å². The van der Waals surface area contributed by atoms with Crippen LogP contribution in [0, 0.1) is 0 Å². The highest BCUT2D eigenvalue weighted by molar-refractivity contribution is 6.30. The minimum Gasteiger partial charge on any atom is -0.497 e. The van der Waals surface area contributed by atoms with Crippen LogP contribution in [0.5, 0.6) is 5.75 Å². The topological polar surface area (TPSA) is 64.3 Å². The van der Waals surface area contributed by atoms with Gasteiger partial charge in [-0.1, -0.05) is 29.3 Å². The Morgan fingerprint density at radius 3 is 2.56 bits per heavy atom. The molecule has 2 aromatic heterocycles. The molecule has 2 aromatic carbocycles. The highest BCUT2D eigenvalue weighted by Crippen LogP contribution is 2.38. The second-order valence-corrected chi connectivity index (χ2v) is 9.73. The molecule has 6 nitrogen and oxygen atoms in total. The van der Waals surface area contributed by atoms with Gasteiger partial charge in [-0.3, -0.25) is 9.88 Å². The van der Waals surface area contributed by atoms with E-state index in [0.29, 0.717) is 18.3 Å². The van der Waals surface area contributed by atoms with E-state index < -0.39 is 0 Å². The second-order valence-electron chi connectivity index (χ2n) is 9.30. The number of benzene rings is 2. The third kappa shape index (κ3) is 4.54. The summed E-state index contributed by atoms with van der Waals surface area (Å²) in [5.41, 5.74) is 8.67. The summed E-state index contributed by atoms with van der Waals surface area (Å²) in [5.74, 6) is 1.97. The zero-order valence-corrected chi connectivity index (χ0v) is 21.0. The monoisotopic (exact) mass is 498 g/mol. The molecule has 0 radical (unpaired) electrons. The second kappa shape index (κ2) is 9.88. The number of methoxy groups -OCH3 is 1. The van der Waals surface area contributed by atoms with Crippen molar-refractivity contribution in [2.45, 2.75) is 32.2 Å². The van der Waals surface area contributed by atoms with E-state index in [1.165, 1.54) is 27.8 Å². The van der Waals surface area contributed by atoms with Gasteiger partial charge >= 0.3 is 0 Å². The van der Waals surface area contributed by atoms with Crippen LogP contribution in [-0.4, -0.2) is 40.3 Å². The molecule has 0 N–H and O–H groups in total. The molecule has 1 aliphatic carbocycles. The van der Waals surface area contributed by atoms with Gasteiger partial charge in [0.2, 0.25) is 11.8 Å². The Balaban J connectivity index is 1.22. The summed E-state index contributed by atoms with van der Waals surface area (Å²) >= 11 is 6.36. The van der Waals surface area contributed by atoms with Crippen molar-refractivity contribution in [3.63, 3.8) is 0 Å². The van der Waals surface area contributed by atoms with Crippen molar-refractivity contribution >= 4 is 17.2 Å². The molecule has 1 aliphatic heterocycles. The first-order valence-corrected chi connectivity index (χ1v) is 12.7. The van der Waals surface area contributed by atoms with Crippen LogP contribution < -0.4 is 4.74 Å². The number of likely N-dealkylation sites (tertiary alicyclic amines) is 1.